The van der Waals surface area contributed by atoms with Crippen LogP contribution in [0.3, 0.4) is 0 Å². The van der Waals surface area contributed by atoms with Crippen LogP contribution in [0.4, 0.5) is 0 Å². The van der Waals surface area contributed by atoms with Gasteiger partial charge in [-0.25, -0.2) is 9.78 Å². The fraction of sp³-hybridized carbons (Fsp3) is 0.444. The normalized spacial score (nSPS) is 16.0. The predicted octanol–water partition coefficient (Wildman–Crippen LogP) is 2.20. The Morgan fingerprint density at radius 3 is 2.29 bits per heavy atom. The van der Waals surface area contributed by atoms with Crippen LogP contribution in [0.2, 0.25) is 0 Å². The summed E-state index contributed by atoms with van der Waals surface area (Å²) >= 11 is 0. The number of amides is 2. The molecule has 1 aliphatic rings. The minimum Gasteiger partial charge on any atom is -0.379 e. The van der Waals surface area contributed by atoms with Gasteiger partial charge in [0.15, 0.2) is 0 Å². The van der Waals surface area contributed by atoms with Crippen LogP contribution in [0.1, 0.15) is 25.8 Å². The maximum absolute atomic E-state index is 11.5. The molecule has 130 valence electrons. The number of rotatable bonds is 9. The molecule has 0 fully saturated rings. The Bertz CT molecular complexity index is 579. The van der Waals surface area contributed by atoms with Crippen molar-refractivity contribution >= 4 is 11.8 Å². The van der Waals surface area contributed by atoms with Crippen LogP contribution < -0.4 is 0 Å². The lowest BCUT2D eigenvalue weighted by molar-refractivity contribution is -0.366. The van der Waals surface area contributed by atoms with Crippen LogP contribution in [-0.4, -0.2) is 43.1 Å². The highest BCUT2D eigenvalue weighted by Crippen LogP contribution is 2.24. The number of carbonyl (C=O) groups excluding carboxylic acids is 2. The first-order chi connectivity index (χ1) is 11.4. The third-order valence-corrected chi connectivity index (χ3v) is 3.90. The molecule has 0 bridgehead atoms. The molecule has 0 N–H and O–H groups in total. The van der Waals surface area contributed by atoms with Gasteiger partial charge in [-0.05, 0) is 25.8 Å². The molecule has 1 atom stereocenters. The second-order valence-corrected chi connectivity index (χ2v) is 6.05. The summed E-state index contributed by atoms with van der Waals surface area (Å²) in [5, 5.41) is 0. The molecular formula is C18H23NO5. The summed E-state index contributed by atoms with van der Waals surface area (Å²) in [6.45, 7) is 4.32. The van der Waals surface area contributed by atoms with E-state index >= 15 is 0 Å². The Morgan fingerprint density at radius 1 is 1.08 bits per heavy atom. The van der Waals surface area contributed by atoms with E-state index in [0.717, 1.165) is 5.56 Å². The van der Waals surface area contributed by atoms with E-state index in [1.165, 1.54) is 17.1 Å². The fourth-order valence-corrected chi connectivity index (χ4v) is 2.34. The highest BCUT2D eigenvalue weighted by molar-refractivity contribution is 6.12. The average molecular weight is 333 g/mol. The summed E-state index contributed by atoms with van der Waals surface area (Å²) in [6.07, 6.45) is 2.74. The zero-order valence-corrected chi connectivity index (χ0v) is 14.2. The first-order valence-electron chi connectivity index (χ1n) is 7.86. The van der Waals surface area contributed by atoms with E-state index in [1.54, 1.807) is 7.11 Å². The van der Waals surface area contributed by atoms with E-state index in [2.05, 4.69) is 0 Å². The van der Waals surface area contributed by atoms with Crippen molar-refractivity contribution < 1.29 is 24.1 Å². The first kappa shape index (κ1) is 18.3. The molecule has 24 heavy (non-hydrogen) atoms. The quantitative estimate of drug-likeness (QED) is 0.394. The van der Waals surface area contributed by atoms with Gasteiger partial charge in [-0.15, -0.1) is 0 Å². The van der Waals surface area contributed by atoms with Gasteiger partial charge < -0.3 is 4.74 Å². The van der Waals surface area contributed by atoms with E-state index in [1.807, 2.05) is 44.2 Å². The van der Waals surface area contributed by atoms with Crippen LogP contribution in [0, 0.1) is 0 Å². The second-order valence-electron chi connectivity index (χ2n) is 6.05. The van der Waals surface area contributed by atoms with Crippen LogP contribution in [0.15, 0.2) is 42.5 Å². The molecule has 0 saturated carbocycles. The van der Waals surface area contributed by atoms with Gasteiger partial charge in [0.25, 0.3) is 11.8 Å². The van der Waals surface area contributed by atoms with Gasteiger partial charge in [-0.1, -0.05) is 30.3 Å². The number of nitrogens with zero attached hydrogens (tertiary/aromatic N) is 1. The summed E-state index contributed by atoms with van der Waals surface area (Å²) in [6, 6.07) is 9.76. The lowest BCUT2D eigenvalue weighted by atomic mass is 9.99. The number of benzene rings is 1. The molecule has 1 aromatic carbocycles. The number of carbonyl (C=O) groups is 2. The van der Waals surface area contributed by atoms with E-state index in [0.29, 0.717) is 6.42 Å². The van der Waals surface area contributed by atoms with E-state index in [-0.39, 0.29) is 31.1 Å². The number of ether oxygens (including phenoxy) is 1. The topological polar surface area (TPSA) is 65.1 Å². The van der Waals surface area contributed by atoms with Gasteiger partial charge in [0, 0.05) is 25.8 Å². The SMILES string of the molecule is COC(CCN1C(=O)C=CC1=O)COOC(C)(C)c1ccccc1. The van der Waals surface area contributed by atoms with Gasteiger partial charge in [0.05, 0.1) is 6.10 Å². The van der Waals surface area contributed by atoms with Crippen molar-refractivity contribution in [3.8, 4) is 0 Å². The molecule has 2 rings (SSSR count). The third-order valence-electron chi connectivity index (χ3n) is 3.90. The summed E-state index contributed by atoms with van der Waals surface area (Å²) in [5.41, 5.74) is 0.406. The lowest BCUT2D eigenvalue weighted by Gasteiger charge is -2.25. The molecule has 0 spiro atoms. The summed E-state index contributed by atoms with van der Waals surface area (Å²) in [4.78, 5) is 35.1. The Balaban J connectivity index is 1.77. The minimum absolute atomic E-state index is 0.205. The molecule has 1 aliphatic heterocycles. The van der Waals surface area contributed by atoms with Gasteiger partial charge in [-0.2, -0.15) is 0 Å². The van der Waals surface area contributed by atoms with Crippen molar-refractivity contribution in [1.82, 2.24) is 4.90 Å². The molecule has 2 amide bonds. The maximum Gasteiger partial charge on any atom is 0.253 e. The molecule has 0 aliphatic carbocycles. The first-order valence-corrected chi connectivity index (χ1v) is 7.86. The fourth-order valence-electron chi connectivity index (χ4n) is 2.34. The van der Waals surface area contributed by atoms with Crippen molar-refractivity contribution in [3.63, 3.8) is 0 Å². The number of hydrogen-bond donors (Lipinski definition) is 0. The van der Waals surface area contributed by atoms with Gasteiger partial charge in [0.1, 0.15) is 12.2 Å². The zero-order valence-electron chi connectivity index (χ0n) is 14.2. The molecule has 6 nitrogen and oxygen atoms in total. The van der Waals surface area contributed by atoms with Crippen LogP contribution in [0.25, 0.3) is 0 Å². The summed E-state index contributed by atoms with van der Waals surface area (Å²) < 4.78 is 5.33. The largest absolute Gasteiger partial charge is 0.379 e. The zero-order chi connectivity index (χ0) is 17.6. The second kappa shape index (κ2) is 8.19. The Hall–Kier alpha value is -2.02. The molecule has 0 saturated heterocycles. The summed E-state index contributed by atoms with van der Waals surface area (Å²) in [5.74, 6) is -0.588. The average Bonchev–Trinajstić information content (AvgIpc) is 2.90. The van der Waals surface area contributed by atoms with Crippen LogP contribution >= 0.6 is 0 Å². The van der Waals surface area contributed by atoms with E-state index < -0.39 is 5.60 Å². The van der Waals surface area contributed by atoms with Crippen molar-refractivity contribution in [3.05, 3.63) is 48.0 Å². The molecule has 0 aromatic heterocycles. The number of methoxy groups -OCH3 is 1. The van der Waals surface area contributed by atoms with E-state index in [4.69, 9.17) is 14.5 Å². The predicted molar refractivity (Wildman–Crippen MR) is 87.8 cm³/mol. The van der Waals surface area contributed by atoms with Crippen LogP contribution in [0.5, 0.6) is 0 Å². The van der Waals surface area contributed by atoms with Crippen molar-refractivity contribution in [2.75, 3.05) is 20.3 Å². The third kappa shape index (κ3) is 4.74. The van der Waals surface area contributed by atoms with Crippen molar-refractivity contribution in [1.29, 1.82) is 0 Å². The molecule has 0 radical (unpaired) electrons. The van der Waals surface area contributed by atoms with Gasteiger partial charge in [-0.3, -0.25) is 14.5 Å². The molecular weight excluding hydrogens is 310 g/mol. The monoisotopic (exact) mass is 333 g/mol. The molecule has 1 aromatic rings. The maximum atomic E-state index is 11.5. The number of imide groups is 1. The Kier molecular flexibility index (Phi) is 6.25. The molecule has 6 heteroatoms. The lowest BCUT2D eigenvalue weighted by Crippen LogP contribution is -2.34. The van der Waals surface area contributed by atoms with Gasteiger partial charge >= 0.3 is 0 Å². The number of hydrogen-bond acceptors (Lipinski definition) is 5. The highest BCUT2D eigenvalue weighted by atomic mass is 17.2. The highest BCUT2D eigenvalue weighted by Gasteiger charge is 2.25. The van der Waals surface area contributed by atoms with Crippen molar-refractivity contribution in [2.24, 2.45) is 0 Å². The minimum atomic E-state index is -0.593. The standard InChI is InChI=1S/C18H23NO5/c1-18(2,14-7-5-4-6-8-14)24-23-13-15(22-3)11-12-19-16(20)9-10-17(19)21/h4-10,15H,11-13H2,1-3H3. The Morgan fingerprint density at radius 2 is 1.71 bits per heavy atom. The summed E-state index contributed by atoms with van der Waals surface area (Å²) in [7, 11) is 1.56. The van der Waals surface area contributed by atoms with Gasteiger partial charge in [0.2, 0.25) is 0 Å². The molecule has 1 unspecified atom stereocenters. The molecule has 1 heterocycles. The van der Waals surface area contributed by atoms with Crippen LogP contribution in [-0.2, 0) is 29.7 Å². The smallest absolute Gasteiger partial charge is 0.253 e. The van der Waals surface area contributed by atoms with Crippen molar-refractivity contribution in [2.45, 2.75) is 32.0 Å². The van der Waals surface area contributed by atoms with E-state index in [9.17, 15) is 9.59 Å². The Labute approximate surface area is 141 Å².